The normalized spacial score (nSPS) is 10.8. The van der Waals surface area contributed by atoms with Gasteiger partial charge in [0.2, 0.25) is 0 Å². The van der Waals surface area contributed by atoms with Gasteiger partial charge < -0.3 is 10.1 Å². The number of hydrogen-bond acceptors (Lipinski definition) is 4. The molecule has 2 rings (SSSR count). The topological polar surface area (TPSA) is 34.2 Å². The highest BCUT2D eigenvalue weighted by Gasteiger charge is 2.04. The van der Waals surface area contributed by atoms with Gasteiger partial charge in [-0.2, -0.15) is 0 Å². The van der Waals surface area contributed by atoms with Crippen LogP contribution in [0.5, 0.6) is 5.75 Å². The van der Waals surface area contributed by atoms with Gasteiger partial charge in [-0.1, -0.05) is 37.5 Å². The standard InChI is InChI=1S/C15H22N2OS/c1-3-5-6-7-10-16-15-17-13-9-8-12(18-4-2)11-14(13)19-15/h8-9,11H,3-7,10H2,1-2H3,(H,16,17). The van der Waals surface area contributed by atoms with E-state index >= 15 is 0 Å². The smallest absolute Gasteiger partial charge is 0.183 e. The quantitative estimate of drug-likeness (QED) is 0.711. The highest BCUT2D eigenvalue weighted by Crippen LogP contribution is 2.29. The fraction of sp³-hybridized carbons (Fsp3) is 0.533. The lowest BCUT2D eigenvalue weighted by Crippen LogP contribution is -2.00. The molecule has 0 saturated heterocycles. The lowest BCUT2D eigenvalue weighted by Gasteiger charge is -2.00. The van der Waals surface area contributed by atoms with Crippen LogP contribution in [0, 0.1) is 0 Å². The van der Waals surface area contributed by atoms with Crippen molar-refractivity contribution in [1.29, 1.82) is 0 Å². The maximum absolute atomic E-state index is 5.51. The Bertz CT molecular complexity index is 510. The molecule has 1 heterocycles. The minimum atomic E-state index is 0.701. The Balaban J connectivity index is 1.93. The number of benzene rings is 1. The first-order chi connectivity index (χ1) is 9.33. The van der Waals surface area contributed by atoms with E-state index in [1.165, 1.54) is 30.4 Å². The van der Waals surface area contributed by atoms with E-state index in [0.29, 0.717) is 6.61 Å². The first-order valence-corrected chi connectivity index (χ1v) is 7.92. The molecule has 0 aliphatic heterocycles. The summed E-state index contributed by atoms with van der Waals surface area (Å²) in [6, 6.07) is 6.08. The van der Waals surface area contributed by atoms with Crippen LogP contribution < -0.4 is 10.1 Å². The van der Waals surface area contributed by atoms with Crippen molar-refractivity contribution in [3.05, 3.63) is 18.2 Å². The van der Waals surface area contributed by atoms with Crippen molar-refractivity contribution in [3.8, 4) is 5.75 Å². The summed E-state index contributed by atoms with van der Waals surface area (Å²) in [6.45, 7) is 5.95. The molecular weight excluding hydrogens is 256 g/mol. The second-order valence-electron chi connectivity index (χ2n) is 4.57. The first-order valence-electron chi connectivity index (χ1n) is 7.10. The number of nitrogens with one attached hydrogen (secondary N) is 1. The number of anilines is 1. The van der Waals surface area contributed by atoms with Crippen LogP contribution in [0.3, 0.4) is 0 Å². The summed E-state index contributed by atoms with van der Waals surface area (Å²) in [5.41, 5.74) is 1.05. The molecule has 1 aromatic carbocycles. The zero-order chi connectivity index (χ0) is 13.5. The van der Waals surface area contributed by atoms with Crippen molar-refractivity contribution < 1.29 is 4.74 Å². The van der Waals surface area contributed by atoms with Crippen LogP contribution in [0.4, 0.5) is 5.13 Å². The van der Waals surface area contributed by atoms with Crippen LogP contribution in [-0.2, 0) is 0 Å². The van der Waals surface area contributed by atoms with E-state index in [-0.39, 0.29) is 0 Å². The van der Waals surface area contributed by atoms with Gasteiger partial charge in [-0.15, -0.1) is 0 Å². The summed E-state index contributed by atoms with van der Waals surface area (Å²) in [5, 5.41) is 4.43. The molecule has 0 aliphatic rings. The third-order valence-corrected chi connectivity index (χ3v) is 3.95. The molecule has 104 valence electrons. The lowest BCUT2D eigenvalue weighted by molar-refractivity contribution is 0.341. The second-order valence-corrected chi connectivity index (χ2v) is 5.60. The number of rotatable bonds is 8. The van der Waals surface area contributed by atoms with E-state index in [0.717, 1.165) is 22.9 Å². The van der Waals surface area contributed by atoms with Gasteiger partial charge in [0.1, 0.15) is 5.75 Å². The molecule has 0 unspecified atom stereocenters. The average Bonchev–Trinajstić information content (AvgIpc) is 2.81. The monoisotopic (exact) mass is 278 g/mol. The van der Waals surface area contributed by atoms with Gasteiger partial charge in [0.25, 0.3) is 0 Å². The van der Waals surface area contributed by atoms with Crippen molar-refractivity contribution in [3.63, 3.8) is 0 Å². The minimum absolute atomic E-state index is 0.701. The molecule has 0 bridgehead atoms. The minimum Gasteiger partial charge on any atom is -0.494 e. The number of nitrogens with zero attached hydrogens (tertiary/aromatic N) is 1. The van der Waals surface area contributed by atoms with Crippen molar-refractivity contribution >= 4 is 26.7 Å². The first kappa shape index (κ1) is 14.1. The molecule has 0 spiro atoms. The van der Waals surface area contributed by atoms with Gasteiger partial charge >= 0.3 is 0 Å². The molecule has 0 fully saturated rings. The van der Waals surface area contributed by atoms with Crippen LogP contribution in [0.1, 0.15) is 39.5 Å². The number of fused-ring (bicyclic) bond motifs is 1. The Labute approximate surface area is 119 Å². The van der Waals surface area contributed by atoms with E-state index in [4.69, 9.17) is 4.74 Å². The van der Waals surface area contributed by atoms with E-state index < -0.39 is 0 Å². The van der Waals surface area contributed by atoms with Crippen molar-refractivity contribution in [2.24, 2.45) is 0 Å². The fourth-order valence-electron chi connectivity index (χ4n) is 1.98. The largest absolute Gasteiger partial charge is 0.494 e. The summed E-state index contributed by atoms with van der Waals surface area (Å²) < 4.78 is 6.69. The molecule has 2 aromatic rings. The molecule has 0 saturated carbocycles. The zero-order valence-corrected chi connectivity index (χ0v) is 12.6. The maximum atomic E-state index is 5.51. The number of ether oxygens (including phenoxy) is 1. The van der Waals surface area contributed by atoms with Gasteiger partial charge in [0.05, 0.1) is 16.8 Å². The van der Waals surface area contributed by atoms with Crippen molar-refractivity contribution in [2.75, 3.05) is 18.5 Å². The van der Waals surface area contributed by atoms with Gasteiger partial charge in [-0.25, -0.2) is 4.98 Å². The third-order valence-electron chi connectivity index (χ3n) is 2.98. The van der Waals surface area contributed by atoms with Gasteiger partial charge in [0.15, 0.2) is 5.13 Å². The molecule has 19 heavy (non-hydrogen) atoms. The molecule has 0 radical (unpaired) electrons. The van der Waals surface area contributed by atoms with Gasteiger partial charge in [-0.05, 0) is 31.5 Å². The Morgan fingerprint density at radius 1 is 1.21 bits per heavy atom. The van der Waals surface area contributed by atoms with Crippen LogP contribution in [0.15, 0.2) is 18.2 Å². The Kier molecular flexibility index (Phi) is 5.45. The lowest BCUT2D eigenvalue weighted by atomic mass is 10.2. The molecule has 1 N–H and O–H groups in total. The summed E-state index contributed by atoms with van der Waals surface area (Å²) in [7, 11) is 0. The van der Waals surface area contributed by atoms with Crippen LogP contribution >= 0.6 is 11.3 Å². The van der Waals surface area contributed by atoms with E-state index in [1.54, 1.807) is 11.3 Å². The SMILES string of the molecule is CCCCCCNc1nc2ccc(OCC)cc2s1. The Hall–Kier alpha value is -1.29. The van der Waals surface area contributed by atoms with E-state index in [1.807, 2.05) is 19.1 Å². The number of hydrogen-bond donors (Lipinski definition) is 1. The summed E-state index contributed by atoms with van der Waals surface area (Å²) in [6.07, 6.45) is 5.11. The fourth-order valence-corrected chi connectivity index (χ4v) is 2.90. The molecule has 4 heteroatoms. The second kappa shape index (κ2) is 7.34. The van der Waals surface area contributed by atoms with Crippen LogP contribution in [0.25, 0.3) is 10.2 Å². The summed E-state index contributed by atoms with van der Waals surface area (Å²) in [4.78, 5) is 4.58. The number of thiazole rings is 1. The maximum Gasteiger partial charge on any atom is 0.183 e. The number of unbranched alkanes of at least 4 members (excludes halogenated alkanes) is 3. The Morgan fingerprint density at radius 2 is 2.11 bits per heavy atom. The highest BCUT2D eigenvalue weighted by atomic mass is 32.1. The summed E-state index contributed by atoms with van der Waals surface area (Å²) >= 11 is 1.70. The molecule has 0 amide bonds. The predicted octanol–water partition coefficient (Wildman–Crippen LogP) is 4.69. The van der Waals surface area contributed by atoms with E-state index in [9.17, 15) is 0 Å². The van der Waals surface area contributed by atoms with E-state index in [2.05, 4.69) is 23.3 Å². The molecule has 1 aromatic heterocycles. The zero-order valence-electron chi connectivity index (χ0n) is 11.7. The van der Waals surface area contributed by atoms with Crippen molar-refractivity contribution in [1.82, 2.24) is 4.98 Å². The predicted molar refractivity (Wildman–Crippen MR) is 83.4 cm³/mol. The molecule has 0 aliphatic carbocycles. The third kappa shape index (κ3) is 4.10. The number of aromatic nitrogens is 1. The van der Waals surface area contributed by atoms with Crippen LogP contribution in [0.2, 0.25) is 0 Å². The molecule has 0 atom stereocenters. The van der Waals surface area contributed by atoms with Gasteiger partial charge in [0, 0.05) is 6.54 Å². The average molecular weight is 278 g/mol. The summed E-state index contributed by atoms with van der Waals surface area (Å²) in [5.74, 6) is 0.924. The van der Waals surface area contributed by atoms with Crippen LogP contribution in [-0.4, -0.2) is 18.1 Å². The molecule has 3 nitrogen and oxygen atoms in total. The molecular formula is C15H22N2OS. The van der Waals surface area contributed by atoms with Gasteiger partial charge in [-0.3, -0.25) is 0 Å². The Morgan fingerprint density at radius 3 is 2.89 bits per heavy atom. The van der Waals surface area contributed by atoms with Crippen molar-refractivity contribution in [2.45, 2.75) is 39.5 Å². The highest BCUT2D eigenvalue weighted by molar-refractivity contribution is 7.22.